The maximum absolute atomic E-state index is 12.7. The Morgan fingerprint density at radius 3 is 2.31 bits per heavy atom. The van der Waals surface area contributed by atoms with Crippen LogP contribution in [0.25, 0.3) is 0 Å². The Balaban J connectivity index is 1.64. The number of carbonyl (C=O) groups is 2. The van der Waals surface area contributed by atoms with Gasteiger partial charge in [0.1, 0.15) is 5.75 Å². The van der Waals surface area contributed by atoms with Gasteiger partial charge in [-0.25, -0.2) is 0 Å². The number of hydrogen-bond acceptors (Lipinski definition) is 4. The van der Waals surface area contributed by atoms with Crippen molar-refractivity contribution in [2.24, 2.45) is 0 Å². The molecule has 1 amide bonds. The Hall–Kier alpha value is -2.82. The van der Waals surface area contributed by atoms with Crippen LogP contribution in [0.3, 0.4) is 0 Å². The van der Waals surface area contributed by atoms with E-state index in [1.807, 2.05) is 23.1 Å². The van der Waals surface area contributed by atoms with Gasteiger partial charge in [0.2, 0.25) is 5.91 Å². The molecule has 5 heteroatoms. The molecule has 26 heavy (non-hydrogen) atoms. The Labute approximate surface area is 154 Å². The molecule has 0 aromatic heterocycles. The summed E-state index contributed by atoms with van der Waals surface area (Å²) in [7, 11) is 1.58. The maximum atomic E-state index is 12.7. The average molecular weight is 352 g/mol. The van der Waals surface area contributed by atoms with E-state index < -0.39 is 0 Å². The van der Waals surface area contributed by atoms with E-state index in [9.17, 15) is 9.59 Å². The van der Waals surface area contributed by atoms with Crippen molar-refractivity contribution in [1.82, 2.24) is 4.90 Å². The molecule has 136 valence electrons. The number of ketones is 1. The first-order valence-electron chi connectivity index (χ1n) is 8.84. The topological polar surface area (TPSA) is 49.9 Å². The lowest BCUT2D eigenvalue weighted by Gasteiger charge is -2.36. The Morgan fingerprint density at radius 2 is 1.69 bits per heavy atom. The van der Waals surface area contributed by atoms with Gasteiger partial charge in [-0.1, -0.05) is 18.2 Å². The Bertz CT molecular complexity index is 781. The normalized spacial score (nSPS) is 14.2. The first-order valence-corrected chi connectivity index (χ1v) is 8.84. The van der Waals surface area contributed by atoms with Crippen molar-refractivity contribution in [2.45, 2.75) is 13.3 Å². The van der Waals surface area contributed by atoms with E-state index in [0.717, 1.165) is 18.7 Å². The van der Waals surface area contributed by atoms with E-state index in [-0.39, 0.29) is 18.1 Å². The fourth-order valence-electron chi connectivity index (χ4n) is 3.26. The van der Waals surface area contributed by atoms with Crippen LogP contribution in [0.15, 0.2) is 48.5 Å². The monoisotopic (exact) mass is 352 g/mol. The van der Waals surface area contributed by atoms with Gasteiger partial charge in [0.25, 0.3) is 0 Å². The second-order valence-corrected chi connectivity index (χ2v) is 6.46. The average Bonchev–Trinajstić information content (AvgIpc) is 2.68. The van der Waals surface area contributed by atoms with Crippen LogP contribution >= 0.6 is 0 Å². The summed E-state index contributed by atoms with van der Waals surface area (Å²) in [5, 5.41) is 0. The van der Waals surface area contributed by atoms with Crippen molar-refractivity contribution in [3.8, 4) is 5.75 Å². The third kappa shape index (κ3) is 4.04. The van der Waals surface area contributed by atoms with E-state index in [1.165, 1.54) is 12.6 Å². The molecule has 2 aromatic carbocycles. The van der Waals surface area contributed by atoms with Gasteiger partial charge in [0.05, 0.1) is 13.5 Å². The first-order chi connectivity index (χ1) is 12.6. The molecule has 1 aliphatic heterocycles. The number of para-hydroxylation sites is 1. The van der Waals surface area contributed by atoms with E-state index >= 15 is 0 Å². The molecule has 0 aliphatic carbocycles. The molecule has 0 spiro atoms. The van der Waals surface area contributed by atoms with Crippen molar-refractivity contribution >= 4 is 17.4 Å². The van der Waals surface area contributed by atoms with E-state index in [1.54, 1.807) is 25.3 Å². The number of ether oxygens (including phenoxy) is 1. The summed E-state index contributed by atoms with van der Waals surface area (Å²) in [5.74, 6) is 0.695. The third-order valence-corrected chi connectivity index (χ3v) is 4.78. The van der Waals surface area contributed by atoms with Crippen molar-refractivity contribution < 1.29 is 14.3 Å². The van der Waals surface area contributed by atoms with Crippen molar-refractivity contribution in [1.29, 1.82) is 0 Å². The zero-order valence-corrected chi connectivity index (χ0v) is 15.3. The minimum absolute atomic E-state index is 0.0159. The Kier molecular flexibility index (Phi) is 5.56. The molecule has 1 heterocycles. The van der Waals surface area contributed by atoms with Crippen LogP contribution in [-0.4, -0.2) is 49.9 Å². The molecular formula is C21H24N2O3. The number of amides is 1. The van der Waals surface area contributed by atoms with Crippen molar-refractivity contribution in [3.05, 3.63) is 59.7 Å². The number of hydrogen-bond donors (Lipinski definition) is 0. The number of rotatable bonds is 5. The van der Waals surface area contributed by atoms with Gasteiger partial charge in [-0.2, -0.15) is 0 Å². The molecule has 1 aliphatic rings. The molecule has 1 fully saturated rings. The van der Waals surface area contributed by atoms with Crippen molar-refractivity contribution in [2.75, 3.05) is 38.2 Å². The summed E-state index contributed by atoms with van der Waals surface area (Å²) >= 11 is 0. The lowest BCUT2D eigenvalue weighted by molar-refractivity contribution is -0.130. The minimum Gasteiger partial charge on any atom is -0.496 e. The van der Waals surface area contributed by atoms with Gasteiger partial charge in [-0.15, -0.1) is 0 Å². The number of Topliss-reactive ketones (excluding diaryl/α,β-unsaturated/α-hetero) is 1. The van der Waals surface area contributed by atoms with Crippen LogP contribution in [-0.2, 0) is 11.2 Å². The summed E-state index contributed by atoms with van der Waals surface area (Å²) in [4.78, 5) is 28.5. The lowest BCUT2D eigenvalue weighted by Crippen LogP contribution is -2.49. The zero-order chi connectivity index (χ0) is 18.5. The fraction of sp³-hybridized carbons (Fsp3) is 0.333. The highest BCUT2D eigenvalue weighted by atomic mass is 16.5. The smallest absolute Gasteiger partial charge is 0.227 e. The molecule has 0 saturated carbocycles. The zero-order valence-electron chi connectivity index (χ0n) is 15.3. The van der Waals surface area contributed by atoms with Gasteiger partial charge in [-0.05, 0) is 37.3 Å². The van der Waals surface area contributed by atoms with Gasteiger partial charge in [0.15, 0.2) is 5.78 Å². The molecule has 0 unspecified atom stereocenters. The van der Waals surface area contributed by atoms with E-state index in [2.05, 4.69) is 17.0 Å². The largest absolute Gasteiger partial charge is 0.496 e. The highest BCUT2D eigenvalue weighted by Crippen LogP contribution is 2.22. The van der Waals surface area contributed by atoms with Gasteiger partial charge < -0.3 is 14.5 Å². The van der Waals surface area contributed by atoms with Crippen LogP contribution < -0.4 is 9.64 Å². The first kappa shape index (κ1) is 18.0. The summed E-state index contributed by atoms with van der Waals surface area (Å²) in [6.07, 6.45) is 0.246. The van der Waals surface area contributed by atoms with Crippen LogP contribution in [0, 0.1) is 0 Å². The number of anilines is 1. The summed E-state index contributed by atoms with van der Waals surface area (Å²) in [6, 6.07) is 15.5. The number of benzene rings is 2. The van der Waals surface area contributed by atoms with E-state index in [4.69, 9.17) is 4.74 Å². The second-order valence-electron chi connectivity index (χ2n) is 6.46. The second kappa shape index (κ2) is 8.04. The number of methoxy groups -OCH3 is 1. The number of piperazine rings is 1. The third-order valence-electron chi connectivity index (χ3n) is 4.78. The molecule has 1 saturated heterocycles. The predicted molar refractivity (Wildman–Crippen MR) is 102 cm³/mol. The quantitative estimate of drug-likeness (QED) is 0.777. The molecule has 0 N–H and O–H groups in total. The van der Waals surface area contributed by atoms with Gasteiger partial charge in [0, 0.05) is 43.0 Å². The van der Waals surface area contributed by atoms with Crippen LogP contribution in [0.5, 0.6) is 5.75 Å². The minimum atomic E-state index is -0.0159. The molecule has 3 rings (SSSR count). The highest BCUT2D eigenvalue weighted by Gasteiger charge is 2.22. The molecule has 5 nitrogen and oxygen atoms in total. The Morgan fingerprint density at radius 1 is 1.00 bits per heavy atom. The lowest BCUT2D eigenvalue weighted by atomic mass is 10.0. The van der Waals surface area contributed by atoms with Crippen LogP contribution in [0.4, 0.5) is 5.69 Å². The molecule has 0 atom stereocenters. The molecule has 2 aromatic rings. The number of nitrogens with zero attached hydrogens (tertiary/aromatic N) is 2. The standard InChI is InChI=1S/C21H24N2O3/c1-16(24)17-8-9-20(26-2)18(14-17)15-21(25)23-12-10-22(11-13-23)19-6-4-3-5-7-19/h3-9,14H,10-13,15H2,1-2H3. The fourth-order valence-corrected chi connectivity index (χ4v) is 3.26. The van der Waals surface area contributed by atoms with Crippen molar-refractivity contribution in [3.63, 3.8) is 0 Å². The SMILES string of the molecule is COc1ccc(C(C)=O)cc1CC(=O)N1CCN(c2ccccc2)CC1. The van der Waals surface area contributed by atoms with Crippen LogP contribution in [0.2, 0.25) is 0 Å². The molecular weight excluding hydrogens is 328 g/mol. The summed E-state index contributed by atoms with van der Waals surface area (Å²) in [6.45, 7) is 4.56. The number of carbonyl (C=O) groups excluding carboxylic acids is 2. The highest BCUT2D eigenvalue weighted by molar-refractivity contribution is 5.94. The molecule has 0 radical (unpaired) electrons. The van der Waals surface area contributed by atoms with Gasteiger partial charge >= 0.3 is 0 Å². The maximum Gasteiger partial charge on any atom is 0.227 e. The summed E-state index contributed by atoms with van der Waals surface area (Å²) in [5.41, 5.74) is 2.55. The predicted octanol–water partition coefficient (Wildman–Crippen LogP) is 2.79. The summed E-state index contributed by atoms with van der Waals surface area (Å²) < 4.78 is 5.35. The van der Waals surface area contributed by atoms with Gasteiger partial charge in [-0.3, -0.25) is 9.59 Å². The molecule has 0 bridgehead atoms. The van der Waals surface area contributed by atoms with E-state index in [0.29, 0.717) is 24.4 Å². The van der Waals surface area contributed by atoms with Crippen LogP contribution in [0.1, 0.15) is 22.8 Å².